The summed E-state index contributed by atoms with van der Waals surface area (Å²) >= 11 is 0. The van der Waals surface area contributed by atoms with Crippen LogP contribution in [0.25, 0.3) is 5.69 Å². The lowest BCUT2D eigenvalue weighted by molar-refractivity contribution is -0.137. The molecular formula is C18H15F3N6O2. The molecule has 0 unspecified atom stereocenters. The molecule has 0 atom stereocenters. The third kappa shape index (κ3) is 5.61. The van der Waals surface area contributed by atoms with E-state index in [0.29, 0.717) is 11.4 Å². The molecule has 0 bridgehead atoms. The Morgan fingerprint density at radius 2 is 1.55 bits per heavy atom. The highest BCUT2D eigenvalue weighted by Crippen LogP contribution is 2.30. The largest absolute Gasteiger partial charge is 0.416 e. The highest BCUT2D eigenvalue weighted by molar-refractivity contribution is 5.96. The molecule has 1 heterocycles. The Bertz CT molecular complexity index is 1000. The number of halogens is 3. The molecule has 8 nitrogen and oxygen atoms in total. The van der Waals surface area contributed by atoms with Crippen LogP contribution in [0.4, 0.5) is 24.5 Å². The van der Waals surface area contributed by atoms with E-state index in [2.05, 4.69) is 26.2 Å². The zero-order valence-corrected chi connectivity index (χ0v) is 14.8. The van der Waals surface area contributed by atoms with Crippen molar-refractivity contribution in [3.05, 3.63) is 60.4 Å². The lowest BCUT2D eigenvalue weighted by Crippen LogP contribution is -2.17. The second kappa shape index (κ2) is 8.50. The summed E-state index contributed by atoms with van der Waals surface area (Å²) in [5.41, 5.74) is 0.270. The molecule has 2 N–H and O–H groups in total. The van der Waals surface area contributed by atoms with Crippen molar-refractivity contribution in [3.63, 3.8) is 0 Å². The van der Waals surface area contributed by atoms with Crippen molar-refractivity contribution in [1.29, 1.82) is 0 Å². The fourth-order valence-corrected chi connectivity index (χ4v) is 2.45. The molecule has 1 aromatic heterocycles. The van der Waals surface area contributed by atoms with Gasteiger partial charge in [0.1, 0.15) is 6.33 Å². The van der Waals surface area contributed by atoms with Crippen LogP contribution < -0.4 is 10.6 Å². The molecule has 0 fully saturated rings. The zero-order valence-electron chi connectivity index (χ0n) is 14.8. The van der Waals surface area contributed by atoms with Crippen LogP contribution in [0.3, 0.4) is 0 Å². The van der Waals surface area contributed by atoms with E-state index >= 15 is 0 Å². The summed E-state index contributed by atoms with van der Waals surface area (Å²) in [4.78, 5) is 24.0. The van der Waals surface area contributed by atoms with Crippen LogP contribution in [0.15, 0.2) is 54.9 Å². The van der Waals surface area contributed by atoms with Gasteiger partial charge in [-0.3, -0.25) is 9.59 Å². The SMILES string of the molecule is O=C(CCC(=O)Nc1cccc(C(F)(F)F)c1)Nc1cccc(-n2cnnn2)c1. The number of alkyl halides is 3. The maximum atomic E-state index is 12.7. The summed E-state index contributed by atoms with van der Waals surface area (Å²) in [7, 11) is 0. The fraction of sp³-hybridized carbons (Fsp3) is 0.167. The van der Waals surface area contributed by atoms with Gasteiger partial charge in [0.2, 0.25) is 11.8 Å². The van der Waals surface area contributed by atoms with E-state index in [-0.39, 0.29) is 18.5 Å². The minimum Gasteiger partial charge on any atom is -0.326 e. The van der Waals surface area contributed by atoms with Gasteiger partial charge in [-0.05, 0) is 46.8 Å². The molecule has 0 spiro atoms. The Morgan fingerprint density at radius 1 is 0.931 bits per heavy atom. The predicted octanol–water partition coefficient (Wildman–Crippen LogP) is 3.04. The second-order valence-electron chi connectivity index (χ2n) is 5.98. The minimum absolute atomic E-state index is 0.0133. The van der Waals surface area contributed by atoms with Gasteiger partial charge < -0.3 is 10.6 Å². The molecule has 0 saturated carbocycles. The molecule has 0 aliphatic carbocycles. The second-order valence-corrected chi connectivity index (χ2v) is 5.98. The van der Waals surface area contributed by atoms with Gasteiger partial charge in [0, 0.05) is 24.2 Å². The molecule has 11 heteroatoms. The first-order valence-electron chi connectivity index (χ1n) is 8.42. The monoisotopic (exact) mass is 404 g/mol. The van der Waals surface area contributed by atoms with Crippen molar-refractivity contribution < 1.29 is 22.8 Å². The van der Waals surface area contributed by atoms with Crippen LogP contribution in [-0.4, -0.2) is 32.0 Å². The van der Waals surface area contributed by atoms with E-state index in [0.717, 1.165) is 12.1 Å². The third-order valence-electron chi connectivity index (χ3n) is 3.80. The average molecular weight is 404 g/mol. The molecule has 0 aliphatic rings. The van der Waals surface area contributed by atoms with Gasteiger partial charge in [0.05, 0.1) is 11.3 Å². The number of rotatable bonds is 6. The van der Waals surface area contributed by atoms with Crippen LogP contribution in [0.1, 0.15) is 18.4 Å². The van der Waals surface area contributed by atoms with Crippen molar-refractivity contribution in [2.75, 3.05) is 10.6 Å². The van der Waals surface area contributed by atoms with Crippen LogP contribution >= 0.6 is 0 Å². The zero-order chi connectivity index (χ0) is 20.9. The molecule has 0 aliphatic heterocycles. The Morgan fingerprint density at radius 3 is 2.14 bits per heavy atom. The molecule has 3 aromatic rings. The molecule has 0 saturated heterocycles. The Hall–Kier alpha value is -3.76. The number of anilines is 2. The molecule has 2 aromatic carbocycles. The van der Waals surface area contributed by atoms with Crippen LogP contribution in [0.5, 0.6) is 0 Å². The summed E-state index contributed by atoms with van der Waals surface area (Å²) < 4.78 is 39.5. The highest BCUT2D eigenvalue weighted by Gasteiger charge is 2.30. The number of nitrogens with zero attached hydrogens (tertiary/aromatic N) is 4. The third-order valence-corrected chi connectivity index (χ3v) is 3.80. The lowest BCUT2D eigenvalue weighted by atomic mass is 10.2. The van der Waals surface area contributed by atoms with Crippen LogP contribution in [-0.2, 0) is 15.8 Å². The Kier molecular flexibility index (Phi) is 5.86. The summed E-state index contributed by atoms with van der Waals surface area (Å²) in [5.74, 6) is -0.986. The van der Waals surface area contributed by atoms with E-state index in [1.54, 1.807) is 24.3 Å². The van der Waals surface area contributed by atoms with Gasteiger partial charge in [0.25, 0.3) is 0 Å². The lowest BCUT2D eigenvalue weighted by Gasteiger charge is -2.10. The van der Waals surface area contributed by atoms with Crippen LogP contribution in [0, 0.1) is 0 Å². The number of hydrogen-bond donors (Lipinski definition) is 2. The van der Waals surface area contributed by atoms with Crippen LogP contribution in [0.2, 0.25) is 0 Å². The summed E-state index contributed by atoms with van der Waals surface area (Å²) in [6.45, 7) is 0. The van der Waals surface area contributed by atoms with Crippen molar-refractivity contribution in [1.82, 2.24) is 20.2 Å². The number of hydrogen-bond acceptors (Lipinski definition) is 5. The van der Waals surface area contributed by atoms with E-state index in [9.17, 15) is 22.8 Å². The molecule has 150 valence electrons. The smallest absolute Gasteiger partial charge is 0.326 e. The highest BCUT2D eigenvalue weighted by atomic mass is 19.4. The van der Waals surface area contributed by atoms with Gasteiger partial charge in [-0.1, -0.05) is 12.1 Å². The van der Waals surface area contributed by atoms with Crippen molar-refractivity contribution in [2.24, 2.45) is 0 Å². The van der Waals surface area contributed by atoms with Gasteiger partial charge in [-0.2, -0.15) is 13.2 Å². The Balaban J connectivity index is 1.52. The summed E-state index contributed by atoms with van der Waals surface area (Å²) in [5, 5.41) is 15.8. The van der Waals surface area contributed by atoms with E-state index in [1.807, 2.05) is 0 Å². The normalized spacial score (nSPS) is 11.1. The Labute approximate surface area is 162 Å². The van der Waals surface area contributed by atoms with Crippen molar-refractivity contribution in [3.8, 4) is 5.69 Å². The average Bonchev–Trinajstić information content (AvgIpc) is 3.21. The van der Waals surface area contributed by atoms with E-state index < -0.39 is 23.6 Å². The molecule has 3 rings (SSSR count). The number of carbonyl (C=O) groups is 2. The standard InChI is InChI=1S/C18H15F3N6O2/c19-18(20,21)12-3-1-4-13(9-12)23-16(28)7-8-17(29)24-14-5-2-6-15(10-14)27-11-22-25-26-27/h1-6,9-11H,7-8H2,(H,23,28)(H,24,29). The maximum absolute atomic E-state index is 12.7. The topological polar surface area (TPSA) is 102 Å². The van der Waals surface area contributed by atoms with E-state index in [1.165, 1.54) is 23.1 Å². The molecule has 2 amide bonds. The summed E-state index contributed by atoms with van der Waals surface area (Å²) in [6.07, 6.45) is -3.43. The fourth-order valence-electron chi connectivity index (χ4n) is 2.45. The molecule has 29 heavy (non-hydrogen) atoms. The van der Waals surface area contributed by atoms with Gasteiger partial charge in [-0.15, -0.1) is 5.10 Å². The first kappa shape index (κ1) is 20.0. The predicted molar refractivity (Wildman–Crippen MR) is 97.1 cm³/mol. The quantitative estimate of drug-likeness (QED) is 0.658. The van der Waals surface area contributed by atoms with E-state index in [4.69, 9.17) is 0 Å². The minimum atomic E-state index is -4.50. The maximum Gasteiger partial charge on any atom is 0.416 e. The van der Waals surface area contributed by atoms with Gasteiger partial charge >= 0.3 is 6.18 Å². The number of carbonyl (C=O) groups excluding carboxylic acids is 2. The number of nitrogens with one attached hydrogen (secondary N) is 2. The number of amides is 2. The van der Waals surface area contributed by atoms with Crippen molar-refractivity contribution in [2.45, 2.75) is 19.0 Å². The van der Waals surface area contributed by atoms with Gasteiger partial charge in [-0.25, -0.2) is 4.68 Å². The molecular weight excluding hydrogens is 389 g/mol. The van der Waals surface area contributed by atoms with Crippen molar-refractivity contribution >= 4 is 23.2 Å². The van der Waals surface area contributed by atoms with Gasteiger partial charge in [0.15, 0.2) is 0 Å². The summed E-state index contributed by atoms with van der Waals surface area (Å²) in [6, 6.07) is 11.0. The first-order chi connectivity index (χ1) is 13.8. The first-order valence-corrected chi connectivity index (χ1v) is 8.42. The molecule has 0 radical (unpaired) electrons. The number of aromatic nitrogens is 4. The number of tetrazole rings is 1. The number of benzene rings is 2.